The fourth-order valence-electron chi connectivity index (χ4n) is 3.99. The number of H-pyrrole nitrogens is 1. The number of aromatic nitrogens is 3. The average molecular weight is 316 g/mol. The van der Waals surface area contributed by atoms with Crippen LogP contribution in [-0.2, 0) is 6.54 Å². The number of nitrogens with one attached hydrogen (secondary N) is 1. The summed E-state index contributed by atoms with van der Waals surface area (Å²) in [6.45, 7) is 3.22. The van der Waals surface area contributed by atoms with Crippen molar-refractivity contribution < 1.29 is 0 Å². The van der Waals surface area contributed by atoms with Crippen LogP contribution in [0.2, 0.25) is 0 Å². The van der Waals surface area contributed by atoms with Crippen molar-refractivity contribution in [3.05, 3.63) is 72.3 Å². The molecule has 4 heterocycles. The number of hydrogen-bond donors (Lipinski definition) is 1. The smallest absolute Gasteiger partial charge is 0.136 e. The first kappa shape index (κ1) is 13.8. The van der Waals surface area contributed by atoms with Gasteiger partial charge in [0.25, 0.3) is 0 Å². The molecule has 1 aromatic carbocycles. The first-order valence-electron chi connectivity index (χ1n) is 8.58. The predicted molar refractivity (Wildman–Crippen MR) is 96.1 cm³/mol. The van der Waals surface area contributed by atoms with Gasteiger partial charge in [0.2, 0.25) is 0 Å². The van der Waals surface area contributed by atoms with E-state index in [0.717, 1.165) is 25.3 Å². The van der Waals surface area contributed by atoms with E-state index in [0.29, 0.717) is 5.92 Å². The van der Waals surface area contributed by atoms with Gasteiger partial charge in [0.15, 0.2) is 0 Å². The summed E-state index contributed by atoms with van der Waals surface area (Å²) in [4.78, 5) is 10.5. The van der Waals surface area contributed by atoms with E-state index >= 15 is 0 Å². The number of likely N-dealkylation sites (tertiary alicyclic amines) is 1. The SMILES string of the molecule is c1ccc2c([C@H]3CCN(Cc4cnc5ccccn45)C3)c[nH]c2c1. The number of nitrogens with zero attached hydrogens (tertiary/aromatic N) is 3. The molecule has 120 valence electrons. The van der Waals surface area contributed by atoms with E-state index in [-0.39, 0.29) is 0 Å². The lowest BCUT2D eigenvalue weighted by Gasteiger charge is -2.15. The maximum absolute atomic E-state index is 4.50. The zero-order valence-electron chi connectivity index (χ0n) is 13.5. The van der Waals surface area contributed by atoms with Crippen LogP contribution in [0.3, 0.4) is 0 Å². The molecule has 4 aromatic rings. The topological polar surface area (TPSA) is 36.3 Å². The predicted octanol–water partition coefficient (Wildman–Crippen LogP) is 3.81. The number of rotatable bonds is 3. The molecule has 0 aliphatic carbocycles. The van der Waals surface area contributed by atoms with Gasteiger partial charge in [-0.3, -0.25) is 4.90 Å². The maximum atomic E-state index is 4.50. The molecule has 0 amide bonds. The van der Waals surface area contributed by atoms with E-state index in [1.54, 1.807) is 0 Å². The molecule has 0 unspecified atom stereocenters. The monoisotopic (exact) mass is 316 g/mol. The van der Waals surface area contributed by atoms with Crippen LogP contribution in [0.4, 0.5) is 0 Å². The lowest BCUT2D eigenvalue weighted by atomic mass is 9.98. The first-order valence-corrected chi connectivity index (χ1v) is 8.58. The van der Waals surface area contributed by atoms with Crippen LogP contribution in [0, 0.1) is 0 Å². The molecule has 0 radical (unpaired) electrons. The van der Waals surface area contributed by atoms with Crippen LogP contribution in [-0.4, -0.2) is 32.4 Å². The third kappa shape index (κ3) is 2.22. The number of imidazole rings is 1. The summed E-state index contributed by atoms with van der Waals surface area (Å²) in [6.07, 6.45) is 7.53. The quantitative estimate of drug-likeness (QED) is 0.624. The Labute approximate surface area is 140 Å². The molecule has 0 saturated carbocycles. The van der Waals surface area contributed by atoms with Crippen molar-refractivity contribution in [3.63, 3.8) is 0 Å². The zero-order chi connectivity index (χ0) is 15.9. The van der Waals surface area contributed by atoms with E-state index in [4.69, 9.17) is 0 Å². The highest BCUT2D eigenvalue weighted by Crippen LogP contribution is 2.33. The van der Waals surface area contributed by atoms with Crippen molar-refractivity contribution in [2.24, 2.45) is 0 Å². The molecule has 0 spiro atoms. The minimum absolute atomic E-state index is 0.611. The highest BCUT2D eigenvalue weighted by Gasteiger charge is 2.26. The highest BCUT2D eigenvalue weighted by atomic mass is 15.2. The summed E-state index contributed by atoms with van der Waals surface area (Å²) in [6, 6.07) is 14.8. The highest BCUT2D eigenvalue weighted by molar-refractivity contribution is 5.83. The molecule has 4 nitrogen and oxygen atoms in total. The third-order valence-electron chi connectivity index (χ3n) is 5.21. The first-order chi connectivity index (χ1) is 11.9. The van der Waals surface area contributed by atoms with Crippen LogP contribution in [0.15, 0.2) is 61.1 Å². The van der Waals surface area contributed by atoms with Gasteiger partial charge in [-0.2, -0.15) is 0 Å². The molecule has 24 heavy (non-hydrogen) atoms. The van der Waals surface area contributed by atoms with E-state index in [1.807, 2.05) is 12.3 Å². The van der Waals surface area contributed by atoms with Gasteiger partial charge in [0.1, 0.15) is 5.65 Å². The van der Waals surface area contributed by atoms with Crippen LogP contribution in [0.5, 0.6) is 0 Å². The molecule has 1 aliphatic rings. The summed E-state index contributed by atoms with van der Waals surface area (Å²) in [5, 5.41) is 1.37. The minimum atomic E-state index is 0.611. The molecule has 5 rings (SSSR count). The van der Waals surface area contributed by atoms with Gasteiger partial charge in [-0.05, 0) is 42.6 Å². The lowest BCUT2D eigenvalue weighted by molar-refractivity contribution is 0.322. The summed E-state index contributed by atoms with van der Waals surface area (Å²) in [7, 11) is 0. The van der Waals surface area contributed by atoms with Crippen molar-refractivity contribution in [1.82, 2.24) is 19.3 Å². The fraction of sp³-hybridized carbons (Fsp3) is 0.250. The van der Waals surface area contributed by atoms with Gasteiger partial charge in [-0.15, -0.1) is 0 Å². The summed E-state index contributed by atoms with van der Waals surface area (Å²) < 4.78 is 2.19. The zero-order valence-corrected chi connectivity index (χ0v) is 13.5. The Morgan fingerprint density at radius 3 is 3.04 bits per heavy atom. The average Bonchev–Trinajstić information content (AvgIpc) is 3.34. The van der Waals surface area contributed by atoms with Gasteiger partial charge in [-0.1, -0.05) is 24.3 Å². The molecule has 3 aromatic heterocycles. The van der Waals surface area contributed by atoms with Gasteiger partial charge >= 0.3 is 0 Å². The number of hydrogen-bond acceptors (Lipinski definition) is 2. The Balaban J connectivity index is 1.37. The Morgan fingerprint density at radius 1 is 1.12 bits per heavy atom. The molecule has 1 N–H and O–H groups in total. The molecule has 1 atom stereocenters. The van der Waals surface area contributed by atoms with Gasteiger partial charge in [0, 0.05) is 36.4 Å². The van der Waals surface area contributed by atoms with Crippen molar-refractivity contribution in [1.29, 1.82) is 0 Å². The van der Waals surface area contributed by atoms with Crippen LogP contribution >= 0.6 is 0 Å². The van der Waals surface area contributed by atoms with Gasteiger partial charge in [-0.25, -0.2) is 4.98 Å². The molecular weight excluding hydrogens is 296 g/mol. The molecular formula is C20H20N4. The molecule has 1 fully saturated rings. The maximum Gasteiger partial charge on any atom is 0.136 e. The molecule has 0 bridgehead atoms. The Bertz CT molecular complexity index is 997. The lowest BCUT2D eigenvalue weighted by Crippen LogP contribution is -2.20. The Kier molecular flexibility index (Phi) is 3.16. The molecule has 4 heteroatoms. The second-order valence-corrected chi connectivity index (χ2v) is 6.69. The molecule has 1 saturated heterocycles. The van der Waals surface area contributed by atoms with E-state index in [9.17, 15) is 0 Å². The normalized spacial score (nSPS) is 18.8. The number of pyridine rings is 1. The van der Waals surface area contributed by atoms with Crippen LogP contribution < -0.4 is 0 Å². The van der Waals surface area contributed by atoms with Crippen molar-refractivity contribution in [3.8, 4) is 0 Å². The second-order valence-electron chi connectivity index (χ2n) is 6.69. The number of aromatic amines is 1. The van der Waals surface area contributed by atoms with Crippen LogP contribution in [0.1, 0.15) is 23.6 Å². The summed E-state index contributed by atoms with van der Waals surface area (Å²) >= 11 is 0. The minimum Gasteiger partial charge on any atom is -0.361 e. The van der Waals surface area contributed by atoms with E-state index in [1.165, 1.54) is 28.6 Å². The van der Waals surface area contributed by atoms with E-state index in [2.05, 4.69) is 68.1 Å². The van der Waals surface area contributed by atoms with Crippen LogP contribution in [0.25, 0.3) is 16.6 Å². The Morgan fingerprint density at radius 2 is 2.04 bits per heavy atom. The van der Waals surface area contributed by atoms with Gasteiger partial charge in [0.05, 0.1) is 11.9 Å². The molecule has 1 aliphatic heterocycles. The number of fused-ring (bicyclic) bond motifs is 2. The third-order valence-corrected chi connectivity index (χ3v) is 5.21. The number of para-hydroxylation sites is 1. The van der Waals surface area contributed by atoms with Crippen molar-refractivity contribution >= 4 is 16.6 Å². The number of benzene rings is 1. The summed E-state index contributed by atoms with van der Waals surface area (Å²) in [5.41, 5.74) is 5.00. The summed E-state index contributed by atoms with van der Waals surface area (Å²) in [5.74, 6) is 0.611. The van der Waals surface area contributed by atoms with Crippen molar-refractivity contribution in [2.45, 2.75) is 18.9 Å². The van der Waals surface area contributed by atoms with E-state index < -0.39 is 0 Å². The fourth-order valence-corrected chi connectivity index (χ4v) is 3.99. The van der Waals surface area contributed by atoms with Gasteiger partial charge < -0.3 is 9.38 Å². The standard InChI is InChI=1S/C20H20N4/c1-2-6-19-17(5-1)18(12-21-19)15-8-10-23(13-15)14-16-11-22-20-7-3-4-9-24(16)20/h1-7,9,11-12,15,21H,8,10,13-14H2/t15-/m0/s1. The largest absolute Gasteiger partial charge is 0.361 e. The second kappa shape index (κ2) is 5.49. The Hall–Kier alpha value is -2.59. The van der Waals surface area contributed by atoms with Crippen molar-refractivity contribution in [2.75, 3.05) is 13.1 Å².